The van der Waals surface area contributed by atoms with Gasteiger partial charge in [0.1, 0.15) is 0 Å². The zero-order chi connectivity index (χ0) is 0. The molecule has 0 saturated carbocycles. The van der Waals surface area contributed by atoms with Gasteiger partial charge in [-0.3, -0.25) is 0 Å². The van der Waals surface area contributed by atoms with E-state index >= 15 is 0 Å². The topological polar surface area (TPSA) is 57.0 Å². The van der Waals surface area contributed by atoms with Gasteiger partial charge in [0.25, 0.3) is 0 Å². The van der Waals surface area contributed by atoms with Crippen LogP contribution in [-0.2, 0) is 37.2 Å². The predicted octanol–water partition coefficient (Wildman–Crippen LogP) is -1.80. The van der Waals surface area contributed by atoms with Gasteiger partial charge in [0.2, 0.25) is 0 Å². The Morgan fingerprint density at radius 3 is 0.800 bits per heavy atom. The van der Waals surface area contributed by atoms with E-state index in [1.54, 1.807) is 0 Å². The molecule has 5 heavy (non-hydrogen) atoms. The summed E-state index contributed by atoms with van der Waals surface area (Å²) in [5.41, 5.74) is 0. The Kier molecular flexibility index (Phi) is 325. The summed E-state index contributed by atoms with van der Waals surface area (Å²) >= 11 is 0. The van der Waals surface area contributed by atoms with Gasteiger partial charge in [-0.15, -0.1) is 0 Å². The Hall–Kier alpha value is 2.47. The van der Waals surface area contributed by atoms with Crippen LogP contribution in [0.5, 0.6) is 0 Å². The molecule has 2 nitrogen and oxygen atoms in total. The third-order valence-electron chi connectivity index (χ3n) is 0. The first kappa shape index (κ1) is 51.2. The van der Waals surface area contributed by atoms with Gasteiger partial charge < -0.3 is 11.0 Å². The fraction of sp³-hybridized carbons (Fsp3) is 0. The normalized spacial score (nSPS) is 0. The summed E-state index contributed by atoms with van der Waals surface area (Å²) in [6.45, 7) is 0. The molecule has 0 rings (SSSR count). The number of rotatable bonds is 0. The van der Waals surface area contributed by atoms with E-state index in [1.807, 2.05) is 0 Å². The molecule has 0 aromatic carbocycles. The van der Waals surface area contributed by atoms with Crippen molar-refractivity contribution in [2.45, 2.75) is 0 Å². The van der Waals surface area contributed by atoms with Crippen LogP contribution in [0.1, 0.15) is 0 Å². The molecule has 0 heterocycles. The first-order chi connectivity index (χ1) is 0. The molecule has 0 atom stereocenters. The van der Waals surface area contributed by atoms with Gasteiger partial charge in [-0.25, -0.2) is 0 Å². The summed E-state index contributed by atoms with van der Waals surface area (Å²) in [7, 11) is 0. The smallest absolute Gasteiger partial charge is 2.00 e. The summed E-state index contributed by atoms with van der Waals surface area (Å²) in [6.07, 6.45) is 0. The molecule has 0 unspecified atom stereocenters. The minimum atomic E-state index is 0. The molecular weight excluding hydrogens is 357 g/mol. The van der Waals surface area contributed by atoms with Crippen molar-refractivity contribution in [1.29, 1.82) is 0 Å². The van der Waals surface area contributed by atoms with Crippen molar-refractivity contribution < 1.29 is 37.2 Å². The van der Waals surface area contributed by atoms with Gasteiger partial charge in [0.15, 0.2) is 0 Å². The van der Waals surface area contributed by atoms with Gasteiger partial charge in [-0.05, 0) is 0 Å². The molecule has 0 bridgehead atoms. The summed E-state index contributed by atoms with van der Waals surface area (Å²) in [6, 6.07) is 0. The molecule has 0 amide bonds. The van der Waals surface area contributed by atoms with Gasteiger partial charge in [-0.1, -0.05) is 0 Å². The zero-order valence-electron chi connectivity index (χ0n) is 1.82. The molecule has 0 aromatic heterocycles. The fourth-order valence-corrected chi connectivity index (χ4v) is 0. The van der Waals surface area contributed by atoms with Crippen LogP contribution < -0.4 is 0 Å². The molecule has 0 N–H and O–H groups in total. The minimum Gasteiger partial charge on any atom is -2.00 e. The van der Waals surface area contributed by atoms with Gasteiger partial charge in [0.05, 0.1) is 0 Å². The van der Waals surface area contributed by atoms with Crippen LogP contribution in [-0.4, -0.2) is 49.8 Å². The molecule has 0 aliphatic heterocycles. The third kappa shape index (κ3) is 21.2. The van der Waals surface area contributed by atoms with Crippen LogP contribution in [0.2, 0.25) is 0 Å². The molecule has 26 valence electrons. The van der Waals surface area contributed by atoms with E-state index in [9.17, 15) is 0 Å². The number of hydrogen-bond acceptors (Lipinski definition) is 0. The largest absolute Gasteiger partial charge is 4.00 e. The van der Waals surface area contributed by atoms with Crippen LogP contribution in [0.4, 0.5) is 0 Å². The van der Waals surface area contributed by atoms with Crippen molar-refractivity contribution in [2.75, 3.05) is 0 Å². The Labute approximate surface area is 85.6 Å². The summed E-state index contributed by atoms with van der Waals surface area (Å²) < 4.78 is 0. The van der Waals surface area contributed by atoms with Gasteiger partial charge >= 0.3 is 49.8 Å². The summed E-state index contributed by atoms with van der Waals surface area (Å²) in [5.74, 6) is 0. The second kappa shape index (κ2) is 31.7. The maximum Gasteiger partial charge on any atom is 4.00 e. The van der Waals surface area contributed by atoms with E-state index < -0.39 is 0 Å². The van der Waals surface area contributed by atoms with E-state index in [0.29, 0.717) is 0 Å². The average molecular weight is 360 g/mol. The molecular formula is H3InO2SnZr. The molecule has 0 aliphatic carbocycles. The second-order valence-corrected chi connectivity index (χ2v) is 0. The quantitative estimate of drug-likeness (QED) is 0.458. The van der Waals surface area contributed by atoms with E-state index in [-0.39, 0.29) is 86.9 Å². The first-order valence-electron chi connectivity index (χ1n) is 0. The molecule has 0 aromatic rings. The van der Waals surface area contributed by atoms with E-state index in [2.05, 4.69) is 0 Å². The van der Waals surface area contributed by atoms with E-state index in [0.717, 1.165) is 0 Å². The summed E-state index contributed by atoms with van der Waals surface area (Å²) in [4.78, 5) is 0. The van der Waals surface area contributed by atoms with Crippen molar-refractivity contribution in [3.63, 3.8) is 0 Å². The maximum atomic E-state index is 0. The Morgan fingerprint density at radius 2 is 0.800 bits per heavy atom. The molecule has 0 fully saturated rings. The monoisotopic (exact) mass is 360 g/mol. The Bertz CT molecular complexity index is 9.61. The van der Waals surface area contributed by atoms with Crippen molar-refractivity contribution in [3.05, 3.63) is 0 Å². The Morgan fingerprint density at radius 1 is 0.800 bits per heavy atom. The fourth-order valence-electron chi connectivity index (χ4n) is 0. The molecule has 0 spiro atoms. The number of hydrogen-bond donors (Lipinski definition) is 0. The molecule has 0 radical (unpaired) electrons. The predicted molar refractivity (Wildman–Crippen MR) is 17.1 cm³/mol. The van der Waals surface area contributed by atoms with Crippen molar-refractivity contribution in [1.82, 2.24) is 0 Å². The molecule has 5 heteroatoms. The third-order valence-corrected chi connectivity index (χ3v) is 0. The first-order valence-corrected chi connectivity index (χ1v) is 0. The van der Waals surface area contributed by atoms with Crippen LogP contribution >= 0.6 is 0 Å². The van der Waals surface area contributed by atoms with Crippen molar-refractivity contribution in [3.8, 4) is 0 Å². The van der Waals surface area contributed by atoms with E-state index in [1.165, 1.54) is 0 Å². The van der Waals surface area contributed by atoms with Crippen LogP contribution in [0.15, 0.2) is 0 Å². The Balaban J connectivity index is 0. The van der Waals surface area contributed by atoms with Crippen molar-refractivity contribution >= 4 is 49.8 Å². The minimum absolute atomic E-state index is 0. The van der Waals surface area contributed by atoms with Gasteiger partial charge in [-0.2, -0.15) is 0 Å². The summed E-state index contributed by atoms with van der Waals surface area (Å²) in [5, 5.41) is 0. The molecule has 0 saturated heterocycles. The second-order valence-electron chi connectivity index (χ2n) is 0. The maximum absolute atomic E-state index is 0. The van der Waals surface area contributed by atoms with Crippen LogP contribution in [0.3, 0.4) is 0 Å². The van der Waals surface area contributed by atoms with E-state index in [4.69, 9.17) is 0 Å². The zero-order valence-corrected chi connectivity index (χ0v) is 7.13. The van der Waals surface area contributed by atoms with Gasteiger partial charge in [0, 0.05) is 26.2 Å². The standard InChI is InChI=1S/In.2O.Sn.Zr.3H/q;2*-2;+4;;;;. The van der Waals surface area contributed by atoms with Crippen LogP contribution in [0.25, 0.3) is 0 Å². The van der Waals surface area contributed by atoms with Crippen LogP contribution in [0, 0.1) is 0 Å². The molecule has 0 aliphatic rings. The average Bonchev–Trinajstić information content (AvgIpc) is 0. The van der Waals surface area contributed by atoms with Crippen molar-refractivity contribution in [2.24, 2.45) is 0 Å². The SMILES string of the molecule is [InH3].[O-2].[O-2].[Sn+4].[Zr].